The van der Waals surface area contributed by atoms with Crippen LogP contribution in [0.1, 0.15) is 34.3 Å². The Morgan fingerprint density at radius 1 is 1.11 bits per heavy atom. The summed E-state index contributed by atoms with van der Waals surface area (Å²) < 4.78 is 25.9. The number of anilines is 1. The van der Waals surface area contributed by atoms with Crippen molar-refractivity contribution in [1.82, 2.24) is 9.21 Å². The summed E-state index contributed by atoms with van der Waals surface area (Å²) in [5.74, 6) is 0.0574. The van der Waals surface area contributed by atoms with Gasteiger partial charge in [0.15, 0.2) is 0 Å². The van der Waals surface area contributed by atoms with E-state index in [0.717, 1.165) is 42.7 Å². The number of carbonyl (C=O) groups excluding carboxylic acids is 1. The summed E-state index contributed by atoms with van der Waals surface area (Å²) in [5.41, 5.74) is 3.24. The second-order valence-electron chi connectivity index (χ2n) is 7.29. The van der Waals surface area contributed by atoms with Crippen LogP contribution in [0.25, 0.3) is 0 Å². The molecule has 0 spiro atoms. The zero-order chi connectivity index (χ0) is 20.3. The van der Waals surface area contributed by atoms with Gasteiger partial charge in [0.05, 0.1) is 10.5 Å². The molecular weight excluding hydrogens is 374 g/mol. The largest absolute Gasteiger partial charge is 0.380 e. The minimum atomic E-state index is -3.48. The fourth-order valence-electron chi connectivity index (χ4n) is 3.40. The minimum absolute atomic E-state index is 0.0574. The summed E-state index contributed by atoms with van der Waals surface area (Å²) in [4.78, 5) is 15.1. The lowest BCUT2D eigenvalue weighted by atomic mass is 10.0. The second-order valence-corrected chi connectivity index (χ2v) is 9.44. The van der Waals surface area contributed by atoms with Gasteiger partial charge < -0.3 is 10.2 Å². The Kier molecular flexibility index (Phi) is 6.05. The molecule has 0 saturated carbocycles. The third-order valence-electron chi connectivity index (χ3n) is 5.04. The summed E-state index contributed by atoms with van der Waals surface area (Å²) in [6.45, 7) is 3.98. The normalized spacial score (nSPS) is 14.5. The predicted octanol–water partition coefficient (Wildman–Crippen LogP) is 3.09. The number of hydrogen-bond donors (Lipinski definition) is 1. The van der Waals surface area contributed by atoms with Gasteiger partial charge in [0.2, 0.25) is 10.0 Å². The maximum absolute atomic E-state index is 13.0. The lowest BCUT2D eigenvalue weighted by Gasteiger charge is -2.20. The van der Waals surface area contributed by atoms with E-state index in [0.29, 0.717) is 12.1 Å². The number of nitrogens with zero attached hydrogens (tertiary/aromatic N) is 2. The van der Waals surface area contributed by atoms with Crippen LogP contribution >= 0.6 is 0 Å². The van der Waals surface area contributed by atoms with Crippen LogP contribution < -0.4 is 5.32 Å². The summed E-state index contributed by atoms with van der Waals surface area (Å²) >= 11 is 0. The van der Waals surface area contributed by atoms with Crippen molar-refractivity contribution < 1.29 is 13.2 Å². The molecule has 1 amide bonds. The highest BCUT2D eigenvalue weighted by Gasteiger charge is 2.23. The topological polar surface area (TPSA) is 69.7 Å². The number of benzene rings is 2. The van der Waals surface area contributed by atoms with Crippen molar-refractivity contribution in [2.75, 3.05) is 32.5 Å². The summed E-state index contributed by atoms with van der Waals surface area (Å²) in [6.07, 6.45) is 2.10. The lowest BCUT2D eigenvalue weighted by Crippen LogP contribution is -2.29. The molecule has 1 fully saturated rings. The number of rotatable bonds is 6. The molecule has 2 aromatic carbocycles. The van der Waals surface area contributed by atoms with Crippen LogP contribution in [0.4, 0.5) is 5.69 Å². The zero-order valence-corrected chi connectivity index (χ0v) is 17.4. The molecule has 7 heteroatoms. The van der Waals surface area contributed by atoms with E-state index in [2.05, 4.69) is 5.32 Å². The molecule has 1 heterocycles. The minimum Gasteiger partial charge on any atom is -0.380 e. The van der Waals surface area contributed by atoms with E-state index in [9.17, 15) is 13.2 Å². The average molecular weight is 402 g/mol. The van der Waals surface area contributed by atoms with Gasteiger partial charge in [-0.1, -0.05) is 24.3 Å². The van der Waals surface area contributed by atoms with E-state index in [4.69, 9.17) is 0 Å². The molecule has 0 unspecified atom stereocenters. The highest BCUT2D eigenvalue weighted by molar-refractivity contribution is 7.89. The number of sulfonamides is 1. The molecule has 2 aromatic rings. The van der Waals surface area contributed by atoms with Crippen molar-refractivity contribution in [3.8, 4) is 0 Å². The molecule has 150 valence electrons. The molecule has 1 aliphatic heterocycles. The molecule has 0 bridgehead atoms. The van der Waals surface area contributed by atoms with E-state index >= 15 is 0 Å². The number of nitrogens with one attached hydrogen (secondary N) is 1. The lowest BCUT2D eigenvalue weighted by molar-refractivity contribution is 0.0793. The zero-order valence-electron chi connectivity index (χ0n) is 16.6. The Hall–Kier alpha value is -2.38. The van der Waals surface area contributed by atoms with Gasteiger partial charge in [-0.3, -0.25) is 4.79 Å². The van der Waals surface area contributed by atoms with Crippen molar-refractivity contribution in [3.63, 3.8) is 0 Å². The van der Waals surface area contributed by atoms with Gasteiger partial charge >= 0.3 is 0 Å². The SMILES string of the molecule is Cc1cccc(NCc2cccc(S(=O)(=O)N(C)C)c2)c1C(=O)N1CCCC1. The molecular formula is C21H27N3O3S. The summed E-state index contributed by atoms with van der Waals surface area (Å²) in [7, 11) is -0.443. The Balaban J connectivity index is 1.82. The number of likely N-dealkylation sites (tertiary alicyclic amines) is 1. The second kappa shape index (κ2) is 8.32. The van der Waals surface area contributed by atoms with Crippen molar-refractivity contribution in [3.05, 3.63) is 59.2 Å². The van der Waals surface area contributed by atoms with Crippen molar-refractivity contribution in [2.45, 2.75) is 31.2 Å². The maximum atomic E-state index is 13.0. The van der Waals surface area contributed by atoms with E-state index in [1.54, 1.807) is 18.2 Å². The van der Waals surface area contributed by atoms with Crippen LogP contribution in [0.2, 0.25) is 0 Å². The monoisotopic (exact) mass is 401 g/mol. The van der Waals surface area contributed by atoms with E-state index < -0.39 is 10.0 Å². The Bertz CT molecular complexity index is 965. The van der Waals surface area contributed by atoms with Gasteiger partial charge in [-0.15, -0.1) is 0 Å². The van der Waals surface area contributed by atoms with Gasteiger partial charge in [-0.05, 0) is 49.1 Å². The molecule has 28 heavy (non-hydrogen) atoms. The molecule has 0 atom stereocenters. The molecule has 0 aliphatic carbocycles. The standard InChI is InChI=1S/C21H27N3O3S/c1-16-8-6-11-19(20(16)21(25)24-12-4-5-13-24)22-15-17-9-7-10-18(14-17)28(26,27)23(2)3/h6-11,14,22H,4-5,12-13,15H2,1-3H3. The number of aryl methyl sites for hydroxylation is 1. The van der Waals surface area contributed by atoms with Gasteiger partial charge in [0.1, 0.15) is 0 Å². The smallest absolute Gasteiger partial charge is 0.256 e. The number of carbonyl (C=O) groups is 1. The van der Waals surface area contributed by atoms with Gasteiger partial charge in [-0.2, -0.15) is 0 Å². The average Bonchev–Trinajstić information content (AvgIpc) is 3.21. The van der Waals surface area contributed by atoms with Crippen molar-refractivity contribution in [1.29, 1.82) is 0 Å². The van der Waals surface area contributed by atoms with Crippen LogP contribution in [0.5, 0.6) is 0 Å². The molecule has 0 aromatic heterocycles. The van der Waals surface area contributed by atoms with Crippen LogP contribution in [0.15, 0.2) is 47.4 Å². The van der Waals surface area contributed by atoms with Gasteiger partial charge in [-0.25, -0.2) is 12.7 Å². The predicted molar refractivity (Wildman–Crippen MR) is 111 cm³/mol. The molecule has 6 nitrogen and oxygen atoms in total. The molecule has 3 rings (SSSR count). The quantitative estimate of drug-likeness (QED) is 0.808. The third-order valence-corrected chi connectivity index (χ3v) is 6.85. The first kappa shape index (κ1) is 20.4. The molecule has 1 saturated heterocycles. The van der Waals surface area contributed by atoms with E-state index in [1.807, 2.05) is 36.1 Å². The van der Waals surface area contributed by atoms with Crippen LogP contribution in [-0.2, 0) is 16.6 Å². The van der Waals surface area contributed by atoms with Gasteiger partial charge in [0.25, 0.3) is 5.91 Å². The number of amides is 1. The first-order valence-corrected chi connectivity index (χ1v) is 10.9. The number of hydrogen-bond acceptors (Lipinski definition) is 4. The highest BCUT2D eigenvalue weighted by Crippen LogP contribution is 2.24. The molecule has 1 aliphatic rings. The van der Waals surface area contributed by atoms with Crippen LogP contribution in [0.3, 0.4) is 0 Å². The molecule has 1 N–H and O–H groups in total. The summed E-state index contributed by atoms with van der Waals surface area (Å²) in [5, 5.41) is 3.33. The van der Waals surface area contributed by atoms with Crippen molar-refractivity contribution in [2.24, 2.45) is 0 Å². The first-order valence-electron chi connectivity index (χ1n) is 9.45. The van der Waals surface area contributed by atoms with Gasteiger partial charge in [0, 0.05) is 39.4 Å². The molecule has 0 radical (unpaired) electrons. The fraction of sp³-hybridized carbons (Fsp3) is 0.381. The maximum Gasteiger partial charge on any atom is 0.256 e. The fourth-order valence-corrected chi connectivity index (χ4v) is 4.37. The third kappa shape index (κ3) is 4.20. The summed E-state index contributed by atoms with van der Waals surface area (Å²) in [6, 6.07) is 12.6. The van der Waals surface area contributed by atoms with Crippen LogP contribution in [-0.4, -0.2) is 50.7 Å². The van der Waals surface area contributed by atoms with E-state index in [-0.39, 0.29) is 10.8 Å². The first-order chi connectivity index (χ1) is 13.3. The highest BCUT2D eigenvalue weighted by atomic mass is 32.2. The Morgan fingerprint density at radius 2 is 1.79 bits per heavy atom. The van der Waals surface area contributed by atoms with Crippen molar-refractivity contribution >= 4 is 21.6 Å². The Labute approximate surface area is 167 Å². The Morgan fingerprint density at radius 3 is 2.46 bits per heavy atom. The van der Waals surface area contributed by atoms with E-state index in [1.165, 1.54) is 18.4 Å². The van der Waals surface area contributed by atoms with Crippen LogP contribution in [0, 0.1) is 6.92 Å².